The monoisotopic (exact) mass is 565 g/mol. The predicted octanol–water partition coefficient (Wildman–Crippen LogP) is 4.07. The van der Waals surface area contributed by atoms with Crippen LogP contribution in [0.4, 0.5) is 13.2 Å². The number of allylic oxidation sites excluding steroid dienone is 6. The summed E-state index contributed by atoms with van der Waals surface area (Å²) >= 11 is 3.10. The van der Waals surface area contributed by atoms with Crippen molar-refractivity contribution >= 4 is 39.3 Å². The number of ketones is 2. The number of carbonyl (C=O) groups is 4. The van der Waals surface area contributed by atoms with Gasteiger partial charge in [-0.2, -0.15) is 0 Å². The maximum absolute atomic E-state index is 13.2. The SMILES string of the molecule is CCN1C(=O)C2CC=C3C(c4cc(OC(F)(F)F)ccc4O)C4=C(CC3C2C1=O)C(=O)C(Br)=CC4=O. The number of amides is 2. The number of likely N-dealkylation sites (tertiary alicyclic amines) is 1. The van der Waals surface area contributed by atoms with E-state index in [1.807, 2.05) is 0 Å². The van der Waals surface area contributed by atoms with Gasteiger partial charge in [0.05, 0.1) is 16.3 Å². The maximum Gasteiger partial charge on any atom is 0.573 e. The first-order chi connectivity index (χ1) is 16.9. The number of imide groups is 1. The molecule has 1 aromatic rings. The number of phenolic OH excluding ortho intramolecular Hbond substituents is 1. The van der Waals surface area contributed by atoms with Crippen molar-refractivity contribution in [3.05, 3.63) is 57.1 Å². The summed E-state index contributed by atoms with van der Waals surface area (Å²) in [6, 6.07) is 2.95. The van der Waals surface area contributed by atoms with E-state index in [9.17, 15) is 37.5 Å². The highest BCUT2D eigenvalue weighted by Gasteiger charge is 2.56. The molecule has 0 bridgehead atoms. The zero-order chi connectivity index (χ0) is 26.1. The molecule has 7 nitrogen and oxygen atoms in total. The third-order valence-electron chi connectivity index (χ3n) is 7.28. The smallest absolute Gasteiger partial charge is 0.508 e. The number of aromatic hydroxyl groups is 1. The molecule has 1 fully saturated rings. The lowest BCUT2D eigenvalue weighted by atomic mass is 9.59. The first-order valence-corrected chi connectivity index (χ1v) is 12.0. The zero-order valence-corrected chi connectivity index (χ0v) is 20.4. The normalized spacial score (nSPS) is 28.0. The molecule has 1 aliphatic heterocycles. The fourth-order valence-electron chi connectivity index (χ4n) is 5.90. The lowest BCUT2D eigenvalue weighted by Gasteiger charge is -2.42. The van der Waals surface area contributed by atoms with Crippen LogP contribution < -0.4 is 4.74 Å². The summed E-state index contributed by atoms with van der Waals surface area (Å²) in [6.07, 6.45) is -1.97. The average Bonchev–Trinajstić information content (AvgIpc) is 3.06. The summed E-state index contributed by atoms with van der Waals surface area (Å²) in [4.78, 5) is 53.5. The molecule has 4 unspecified atom stereocenters. The van der Waals surface area contributed by atoms with E-state index >= 15 is 0 Å². The van der Waals surface area contributed by atoms with E-state index in [-0.39, 0.29) is 52.4 Å². The Labute approximate surface area is 211 Å². The Balaban J connectivity index is 1.70. The Hall–Kier alpha value is -3.21. The van der Waals surface area contributed by atoms with Crippen LogP contribution in [0.5, 0.6) is 11.5 Å². The molecule has 4 aliphatic rings. The summed E-state index contributed by atoms with van der Waals surface area (Å²) in [5.41, 5.74) is 0.600. The quantitative estimate of drug-likeness (QED) is 0.337. The fourth-order valence-corrected chi connectivity index (χ4v) is 6.35. The van der Waals surface area contributed by atoms with E-state index in [2.05, 4.69) is 20.7 Å². The molecule has 0 radical (unpaired) electrons. The molecule has 1 aromatic carbocycles. The van der Waals surface area contributed by atoms with Gasteiger partial charge in [-0.3, -0.25) is 24.1 Å². The molecule has 188 valence electrons. The van der Waals surface area contributed by atoms with Gasteiger partial charge in [0.15, 0.2) is 11.6 Å². The molecule has 36 heavy (non-hydrogen) atoms. The van der Waals surface area contributed by atoms with Gasteiger partial charge in [-0.1, -0.05) is 11.6 Å². The van der Waals surface area contributed by atoms with Gasteiger partial charge >= 0.3 is 6.36 Å². The highest BCUT2D eigenvalue weighted by Crippen LogP contribution is 2.56. The first kappa shape index (κ1) is 24.5. The molecule has 0 saturated carbocycles. The van der Waals surface area contributed by atoms with Crippen LogP contribution >= 0.6 is 15.9 Å². The van der Waals surface area contributed by atoms with Crippen LogP contribution in [0, 0.1) is 17.8 Å². The number of alkyl halides is 3. The van der Waals surface area contributed by atoms with Gasteiger partial charge in [-0.15, -0.1) is 13.2 Å². The average molecular weight is 566 g/mol. The first-order valence-electron chi connectivity index (χ1n) is 11.3. The Bertz CT molecular complexity index is 1330. The van der Waals surface area contributed by atoms with Gasteiger partial charge in [0.1, 0.15) is 11.5 Å². The van der Waals surface area contributed by atoms with E-state index in [1.165, 1.54) is 4.90 Å². The van der Waals surface area contributed by atoms with E-state index < -0.39 is 53.1 Å². The van der Waals surface area contributed by atoms with Crippen molar-refractivity contribution in [1.29, 1.82) is 0 Å². The molecule has 11 heteroatoms. The molecule has 3 aliphatic carbocycles. The standard InChI is InChI=1S/C25H19BrF3NO6/c1-2-30-23(34)12-5-4-11-13(20(12)24(30)35)8-15-21(18(32)9-16(26)22(15)33)19(11)14-7-10(3-6-17(14)31)36-25(27,28)29/h3-4,6-7,9,12-13,19-20,31H,2,5,8H2,1H3. The fraction of sp³-hybridized carbons (Fsp3) is 0.360. The van der Waals surface area contributed by atoms with Crippen molar-refractivity contribution in [1.82, 2.24) is 4.90 Å². The minimum atomic E-state index is -4.99. The van der Waals surface area contributed by atoms with Gasteiger partial charge in [0.2, 0.25) is 11.8 Å². The van der Waals surface area contributed by atoms with Gasteiger partial charge in [0.25, 0.3) is 0 Å². The molecular formula is C25H19BrF3NO6. The second-order valence-electron chi connectivity index (χ2n) is 9.08. The van der Waals surface area contributed by atoms with Crippen molar-refractivity contribution in [3.63, 3.8) is 0 Å². The van der Waals surface area contributed by atoms with Gasteiger partial charge in [-0.25, -0.2) is 0 Å². The lowest BCUT2D eigenvalue weighted by Crippen LogP contribution is -2.39. The van der Waals surface area contributed by atoms with Crippen molar-refractivity contribution in [3.8, 4) is 11.5 Å². The van der Waals surface area contributed by atoms with Crippen LogP contribution in [0.1, 0.15) is 31.2 Å². The Morgan fingerprint density at radius 3 is 2.53 bits per heavy atom. The van der Waals surface area contributed by atoms with Crippen molar-refractivity contribution in [2.24, 2.45) is 17.8 Å². The molecule has 4 atom stereocenters. The molecule has 1 heterocycles. The lowest BCUT2D eigenvalue weighted by molar-refractivity contribution is -0.274. The number of rotatable bonds is 3. The van der Waals surface area contributed by atoms with Crippen LogP contribution in [0.2, 0.25) is 0 Å². The van der Waals surface area contributed by atoms with Crippen molar-refractivity contribution in [2.75, 3.05) is 6.54 Å². The molecule has 1 N–H and O–H groups in total. The number of benzene rings is 1. The number of carbonyl (C=O) groups excluding carboxylic acids is 4. The summed E-state index contributed by atoms with van der Waals surface area (Å²) in [5, 5.41) is 10.7. The predicted molar refractivity (Wildman–Crippen MR) is 122 cm³/mol. The summed E-state index contributed by atoms with van der Waals surface area (Å²) in [7, 11) is 0. The molecule has 2 amide bonds. The molecule has 1 saturated heterocycles. The number of halogens is 4. The van der Waals surface area contributed by atoms with Crippen molar-refractivity contribution in [2.45, 2.75) is 32.0 Å². The van der Waals surface area contributed by atoms with E-state index in [4.69, 9.17) is 0 Å². The van der Waals surface area contributed by atoms with E-state index in [0.717, 1.165) is 24.3 Å². The summed E-state index contributed by atoms with van der Waals surface area (Å²) < 4.78 is 42.8. The zero-order valence-electron chi connectivity index (χ0n) is 18.8. The number of Topliss-reactive ketones (excluding diaryl/α,β-unsaturated/α-hetero) is 1. The van der Waals surface area contributed by atoms with Crippen LogP contribution in [-0.2, 0) is 19.2 Å². The number of fused-ring (bicyclic) bond motifs is 3. The van der Waals surface area contributed by atoms with Crippen LogP contribution in [0.25, 0.3) is 0 Å². The molecule has 5 rings (SSSR count). The number of hydrogen-bond donors (Lipinski definition) is 1. The summed E-state index contributed by atoms with van der Waals surface area (Å²) in [6.45, 7) is 1.87. The minimum absolute atomic E-state index is 0.0163. The minimum Gasteiger partial charge on any atom is -0.508 e. The Morgan fingerprint density at radius 1 is 1.14 bits per heavy atom. The third kappa shape index (κ3) is 3.71. The maximum atomic E-state index is 13.2. The highest BCUT2D eigenvalue weighted by molar-refractivity contribution is 9.12. The largest absolute Gasteiger partial charge is 0.573 e. The topological polar surface area (TPSA) is 101 Å². The molecule has 0 spiro atoms. The third-order valence-corrected chi connectivity index (χ3v) is 7.87. The Morgan fingerprint density at radius 2 is 1.86 bits per heavy atom. The van der Waals surface area contributed by atoms with Crippen LogP contribution in [-0.4, -0.2) is 46.3 Å². The molecule has 0 aromatic heterocycles. The Kier molecular flexibility index (Phi) is 5.73. The summed E-state index contributed by atoms with van der Waals surface area (Å²) in [5.74, 6) is -5.87. The van der Waals surface area contributed by atoms with Crippen LogP contribution in [0.15, 0.2) is 51.6 Å². The second kappa shape index (κ2) is 8.43. The second-order valence-corrected chi connectivity index (χ2v) is 9.94. The molecular weight excluding hydrogens is 547 g/mol. The van der Waals surface area contributed by atoms with Gasteiger partial charge in [-0.05, 0) is 59.8 Å². The van der Waals surface area contributed by atoms with Crippen molar-refractivity contribution < 1.29 is 42.2 Å². The van der Waals surface area contributed by atoms with E-state index in [1.54, 1.807) is 13.0 Å². The van der Waals surface area contributed by atoms with Gasteiger partial charge < -0.3 is 9.84 Å². The van der Waals surface area contributed by atoms with Gasteiger partial charge in [0, 0.05) is 35.2 Å². The number of phenols is 1. The van der Waals surface area contributed by atoms with Crippen LogP contribution in [0.3, 0.4) is 0 Å². The van der Waals surface area contributed by atoms with E-state index in [0.29, 0.717) is 5.57 Å². The highest BCUT2D eigenvalue weighted by atomic mass is 79.9. The number of hydrogen-bond acceptors (Lipinski definition) is 6. The number of ether oxygens (including phenoxy) is 1. The number of nitrogens with zero attached hydrogens (tertiary/aromatic N) is 1.